The molecule has 1 fully saturated rings. The van der Waals surface area contributed by atoms with Gasteiger partial charge in [0.2, 0.25) is 5.91 Å². The van der Waals surface area contributed by atoms with Crippen molar-refractivity contribution in [3.8, 4) is 0 Å². The Morgan fingerprint density at radius 3 is 2.47 bits per heavy atom. The minimum Gasteiger partial charge on any atom is -0.392 e. The van der Waals surface area contributed by atoms with E-state index in [4.69, 9.17) is 9.57 Å². The number of amides is 1. The van der Waals surface area contributed by atoms with Crippen LogP contribution in [0.15, 0.2) is 47.6 Å². The molecule has 30 heavy (non-hydrogen) atoms. The Kier molecular flexibility index (Phi) is 5.91. The number of carbonyl (C=O) groups excluding carboxylic acids is 1. The van der Waals surface area contributed by atoms with Gasteiger partial charge in [-0.05, 0) is 50.8 Å². The smallest absolute Gasteiger partial charge is 0.230 e. The van der Waals surface area contributed by atoms with Gasteiger partial charge in [-0.15, -0.1) is 0 Å². The lowest BCUT2D eigenvalue weighted by molar-refractivity contribution is -0.134. The van der Waals surface area contributed by atoms with Crippen LogP contribution in [0.2, 0.25) is 0 Å². The lowest BCUT2D eigenvalue weighted by Gasteiger charge is -2.37. The van der Waals surface area contributed by atoms with Gasteiger partial charge < -0.3 is 14.9 Å². The molecule has 0 aromatic heterocycles. The predicted molar refractivity (Wildman–Crippen MR) is 119 cm³/mol. The van der Waals surface area contributed by atoms with Crippen molar-refractivity contribution in [2.75, 3.05) is 18.5 Å². The highest BCUT2D eigenvalue weighted by Crippen LogP contribution is 2.39. The highest BCUT2D eigenvalue weighted by atomic mass is 16.6. The molecule has 1 saturated heterocycles. The van der Waals surface area contributed by atoms with Crippen molar-refractivity contribution in [2.24, 2.45) is 10.6 Å². The normalized spacial score (nSPS) is 20.4. The number of oxime groups is 1. The van der Waals surface area contributed by atoms with E-state index >= 15 is 0 Å². The van der Waals surface area contributed by atoms with Gasteiger partial charge in [-0.2, -0.15) is 0 Å². The van der Waals surface area contributed by atoms with Crippen molar-refractivity contribution in [3.05, 3.63) is 64.7 Å². The monoisotopic (exact) mass is 406 g/mol. The standard InChI is InChI=1S/C25H30N2O3/c1-17-4-7-20(8-5-17)23-15-21(30-27-23)16-25(10-12-29-13-11-25)24(28)26-22-9-6-18(2)14-19(22)3/h4-9,14,21H,10-13,15-16H2,1-3H3,(H,26,28). The zero-order chi connectivity index (χ0) is 21.1. The second-order valence-electron chi connectivity index (χ2n) is 8.70. The van der Waals surface area contributed by atoms with Crippen LogP contribution in [-0.2, 0) is 14.4 Å². The third-order valence-corrected chi connectivity index (χ3v) is 6.30. The zero-order valence-corrected chi connectivity index (χ0v) is 18.0. The van der Waals surface area contributed by atoms with E-state index in [2.05, 4.69) is 54.7 Å². The van der Waals surface area contributed by atoms with Crippen molar-refractivity contribution in [2.45, 2.75) is 52.6 Å². The maximum atomic E-state index is 13.4. The first kappa shape index (κ1) is 20.6. The van der Waals surface area contributed by atoms with Crippen molar-refractivity contribution in [3.63, 3.8) is 0 Å². The second-order valence-corrected chi connectivity index (χ2v) is 8.70. The third-order valence-electron chi connectivity index (χ3n) is 6.30. The molecular weight excluding hydrogens is 376 g/mol. The molecule has 0 saturated carbocycles. The van der Waals surface area contributed by atoms with Gasteiger partial charge in [-0.1, -0.05) is 52.7 Å². The molecule has 158 valence electrons. The maximum absolute atomic E-state index is 13.4. The molecule has 1 N–H and O–H groups in total. The summed E-state index contributed by atoms with van der Waals surface area (Å²) in [4.78, 5) is 19.2. The van der Waals surface area contributed by atoms with E-state index in [9.17, 15) is 4.79 Å². The summed E-state index contributed by atoms with van der Waals surface area (Å²) in [6.07, 6.45) is 2.67. The highest BCUT2D eigenvalue weighted by Gasteiger charge is 2.43. The lowest BCUT2D eigenvalue weighted by Crippen LogP contribution is -2.43. The van der Waals surface area contributed by atoms with E-state index in [0.717, 1.165) is 28.9 Å². The highest BCUT2D eigenvalue weighted by molar-refractivity contribution is 6.01. The molecule has 2 aromatic carbocycles. The van der Waals surface area contributed by atoms with E-state index in [1.54, 1.807) is 0 Å². The van der Waals surface area contributed by atoms with Crippen LogP contribution in [0.1, 0.15) is 47.9 Å². The minimum atomic E-state index is -0.501. The summed E-state index contributed by atoms with van der Waals surface area (Å²) in [7, 11) is 0. The van der Waals surface area contributed by atoms with Gasteiger partial charge in [0.05, 0.1) is 11.1 Å². The van der Waals surface area contributed by atoms with Crippen LogP contribution < -0.4 is 5.32 Å². The van der Waals surface area contributed by atoms with Crippen molar-refractivity contribution in [1.29, 1.82) is 0 Å². The van der Waals surface area contributed by atoms with Gasteiger partial charge in [-0.25, -0.2) is 0 Å². The molecule has 2 aromatic rings. The SMILES string of the molecule is Cc1ccc(C2=NOC(CC3(C(=O)Nc4ccc(C)cc4C)CCOCC3)C2)cc1. The molecule has 5 nitrogen and oxygen atoms in total. The molecule has 5 heteroatoms. The number of anilines is 1. The van der Waals surface area contributed by atoms with Gasteiger partial charge in [0.25, 0.3) is 0 Å². The molecule has 0 radical (unpaired) electrons. The van der Waals surface area contributed by atoms with Crippen LogP contribution in [0.3, 0.4) is 0 Å². The first-order chi connectivity index (χ1) is 14.4. The Morgan fingerprint density at radius 1 is 1.07 bits per heavy atom. The van der Waals surface area contributed by atoms with Crippen LogP contribution in [-0.4, -0.2) is 30.9 Å². The summed E-state index contributed by atoms with van der Waals surface area (Å²) in [6, 6.07) is 14.4. The van der Waals surface area contributed by atoms with Crippen molar-refractivity contribution >= 4 is 17.3 Å². The van der Waals surface area contributed by atoms with Crippen LogP contribution in [0.25, 0.3) is 0 Å². The Hall–Kier alpha value is -2.66. The van der Waals surface area contributed by atoms with E-state index in [0.29, 0.717) is 32.5 Å². The molecule has 1 atom stereocenters. The Labute approximate surface area is 178 Å². The summed E-state index contributed by atoms with van der Waals surface area (Å²) in [5, 5.41) is 7.52. The van der Waals surface area contributed by atoms with Gasteiger partial charge in [-0.3, -0.25) is 4.79 Å². The number of aryl methyl sites for hydroxylation is 3. The summed E-state index contributed by atoms with van der Waals surface area (Å²) >= 11 is 0. The second kappa shape index (κ2) is 8.60. The Balaban J connectivity index is 1.47. The number of carbonyl (C=O) groups is 1. The molecule has 2 aliphatic rings. The Morgan fingerprint density at radius 2 is 1.77 bits per heavy atom. The quantitative estimate of drug-likeness (QED) is 0.766. The molecule has 1 unspecified atom stereocenters. The van der Waals surface area contributed by atoms with Gasteiger partial charge >= 0.3 is 0 Å². The van der Waals surface area contributed by atoms with E-state index < -0.39 is 5.41 Å². The van der Waals surface area contributed by atoms with Crippen LogP contribution in [0, 0.1) is 26.2 Å². The number of benzene rings is 2. The number of hydrogen-bond acceptors (Lipinski definition) is 4. The zero-order valence-electron chi connectivity index (χ0n) is 18.0. The topological polar surface area (TPSA) is 59.9 Å². The fourth-order valence-corrected chi connectivity index (χ4v) is 4.38. The number of rotatable bonds is 5. The molecule has 0 bridgehead atoms. The van der Waals surface area contributed by atoms with Crippen LogP contribution >= 0.6 is 0 Å². The van der Waals surface area contributed by atoms with E-state index in [1.807, 2.05) is 19.1 Å². The predicted octanol–water partition coefficient (Wildman–Crippen LogP) is 4.93. The molecule has 0 spiro atoms. The summed E-state index contributed by atoms with van der Waals surface area (Å²) < 4.78 is 5.58. The number of nitrogens with zero attached hydrogens (tertiary/aromatic N) is 1. The molecular formula is C25H30N2O3. The number of nitrogens with one attached hydrogen (secondary N) is 1. The maximum Gasteiger partial charge on any atom is 0.230 e. The molecule has 0 aliphatic carbocycles. The number of hydrogen-bond donors (Lipinski definition) is 1. The lowest BCUT2D eigenvalue weighted by atomic mass is 9.74. The summed E-state index contributed by atoms with van der Waals surface area (Å²) in [5.41, 5.74) is 5.90. The molecule has 2 heterocycles. The Bertz CT molecular complexity index is 943. The van der Waals surface area contributed by atoms with E-state index in [-0.39, 0.29) is 12.0 Å². The largest absolute Gasteiger partial charge is 0.392 e. The van der Waals surface area contributed by atoms with E-state index in [1.165, 1.54) is 11.1 Å². The van der Waals surface area contributed by atoms with Crippen molar-refractivity contribution in [1.82, 2.24) is 0 Å². The van der Waals surface area contributed by atoms with Gasteiger partial charge in [0, 0.05) is 31.7 Å². The molecule has 1 amide bonds. The van der Waals surface area contributed by atoms with Gasteiger partial charge in [0.1, 0.15) is 6.10 Å². The van der Waals surface area contributed by atoms with Crippen molar-refractivity contribution < 1.29 is 14.4 Å². The minimum absolute atomic E-state index is 0.0603. The average molecular weight is 407 g/mol. The van der Waals surface area contributed by atoms with Crippen LogP contribution in [0.4, 0.5) is 5.69 Å². The fourth-order valence-electron chi connectivity index (χ4n) is 4.38. The summed E-state index contributed by atoms with van der Waals surface area (Å²) in [5.74, 6) is 0.0603. The van der Waals surface area contributed by atoms with Crippen LogP contribution in [0.5, 0.6) is 0 Å². The first-order valence-electron chi connectivity index (χ1n) is 10.7. The molecule has 2 aliphatic heterocycles. The van der Waals surface area contributed by atoms with Gasteiger partial charge in [0.15, 0.2) is 0 Å². The molecule has 4 rings (SSSR count). The number of ether oxygens (including phenoxy) is 1. The summed E-state index contributed by atoms with van der Waals surface area (Å²) in [6.45, 7) is 7.35. The third kappa shape index (κ3) is 4.41. The average Bonchev–Trinajstić information content (AvgIpc) is 3.19. The first-order valence-corrected chi connectivity index (χ1v) is 10.7. The fraction of sp³-hybridized carbons (Fsp3) is 0.440.